The van der Waals surface area contributed by atoms with E-state index in [0.717, 1.165) is 57.9 Å². The van der Waals surface area contributed by atoms with Gasteiger partial charge in [0.1, 0.15) is 6.10 Å². The van der Waals surface area contributed by atoms with Crippen molar-refractivity contribution in [2.24, 2.45) is 5.92 Å². The average Bonchev–Trinajstić information content (AvgIpc) is 2.63. The van der Waals surface area contributed by atoms with E-state index in [-0.39, 0.29) is 12.1 Å². The van der Waals surface area contributed by atoms with Crippen LogP contribution in [0.25, 0.3) is 0 Å². The highest BCUT2D eigenvalue weighted by Gasteiger charge is 2.19. The fourth-order valence-corrected chi connectivity index (χ4v) is 3.10. The first kappa shape index (κ1) is 25.9. The molecule has 0 bridgehead atoms. The highest BCUT2D eigenvalue weighted by atomic mass is 16.5. The molecule has 0 fully saturated rings. The van der Waals surface area contributed by atoms with Crippen molar-refractivity contribution in [1.29, 1.82) is 0 Å². The number of hydrogen-bond acceptors (Lipinski definition) is 3. The minimum atomic E-state index is -0.0330. The summed E-state index contributed by atoms with van der Waals surface area (Å²) in [6.07, 6.45) is 20.7. The first-order chi connectivity index (χ1) is 13.0. The Labute approximate surface area is 169 Å². The Hall–Kier alpha value is -1.09. The SMILES string of the molecule is CCC/C=C\CCC(CC/C=C\CCC)C(C)OC(=O)CCCCN(C)C. The first-order valence-corrected chi connectivity index (χ1v) is 11.1. The van der Waals surface area contributed by atoms with Gasteiger partial charge in [-0.25, -0.2) is 0 Å². The van der Waals surface area contributed by atoms with Gasteiger partial charge in [0.15, 0.2) is 0 Å². The van der Waals surface area contributed by atoms with Crippen molar-refractivity contribution < 1.29 is 9.53 Å². The molecule has 27 heavy (non-hydrogen) atoms. The maximum absolute atomic E-state index is 12.2. The summed E-state index contributed by atoms with van der Waals surface area (Å²) in [6, 6.07) is 0. The van der Waals surface area contributed by atoms with Crippen LogP contribution in [0, 0.1) is 5.92 Å². The van der Waals surface area contributed by atoms with Gasteiger partial charge in [-0.2, -0.15) is 0 Å². The second-order valence-corrected chi connectivity index (χ2v) is 7.89. The summed E-state index contributed by atoms with van der Waals surface area (Å²) in [5, 5.41) is 0. The van der Waals surface area contributed by atoms with Crippen LogP contribution in [-0.2, 0) is 9.53 Å². The van der Waals surface area contributed by atoms with E-state index in [1.807, 2.05) is 0 Å². The predicted octanol–water partition coefficient (Wildman–Crippen LogP) is 6.54. The van der Waals surface area contributed by atoms with Gasteiger partial charge in [0.05, 0.1) is 0 Å². The van der Waals surface area contributed by atoms with Crippen LogP contribution >= 0.6 is 0 Å². The van der Waals surface area contributed by atoms with Gasteiger partial charge in [-0.15, -0.1) is 0 Å². The lowest BCUT2D eigenvalue weighted by Gasteiger charge is -2.23. The van der Waals surface area contributed by atoms with E-state index >= 15 is 0 Å². The van der Waals surface area contributed by atoms with E-state index in [0.29, 0.717) is 12.3 Å². The van der Waals surface area contributed by atoms with E-state index < -0.39 is 0 Å². The van der Waals surface area contributed by atoms with Gasteiger partial charge in [-0.3, -0.25) is 4.79 Å². The molecule has 1 atom stereocenters. The number of nitrogens with zero attached hydrogens (tertiary/aromatic N) is 1. The monoisotopic (exact) mass is 379 g/mol. The molecule has 0 aromatic carbocycles. The number of ether oxygens (including phenoxy) is 1. The number of rotatable bonds is 17. The molecular formula is C24H45NO2. The molecule has 158 valence electrons. The second kappa shape index (κ2) is 18.3. The molecule has 0 aromatic heterocycles. The van der Waals surface area contributed by atoms with Crippen molar-refractivity contribution in [3.63, 3.8) is 0 Å². The summed E-state index contributed by atoms with van der Waals surface area (Å²) in [6.45, 7) is 7.51. The normalized spacial score (nSPS) is 13.3. The van der Waals surface area contributed by atoms with E-state index in [1.165, 1.54) is 12.8 Å². The zero-order chi connectivity index (χ0) is 20.3. The quantitative estimate of drug-likeness (QED) is 0.163. The number of allylic oxidation sites excluding steroid dienone is 4. The van der Waals surface area contributed by atoms with Gasteiger partial charge in [-0.1, -0.05) is 51.0 Å². The van der Waals surface area contributed by atoms with Gasteiger partial charge in [0.2, 0.25) is 0 Å². The molecule has 0 N–H and O–H groups in total. The Morgan fingerprint density at radius 2 is 1.41 bits per heavy atom. The molecule has 0 aromatic rings. The van der Waals surface area contributed by atoms with Gasteiger partial charge < -0.3 is 9.64 Å². The largest absolute Gasteiger partial charge is 0.462 e. The zero-order valence-corrected chi connectivity index (χ0v) is 18.7. The van der Waals surface area contributed by atoms with Gasteiger partial charge >= 0.3 is 5.97 Å². The van der Waals surface area contributed by atoms with Gasteiger partial charge in [0.25, 0.3) is 0 Å². The molecule has 0 rings (SSSR count). The molecule has 3 nitrogen and oxygen atoms in total. The molecule has 1 unspecified atom stereocenters. The summed E-state index contributed by atoms with van der Waals surface area (Å²) in [5.74, 6) is 0.405. The molecule has 0 radical (unpaired) electrons. The third-order valence-corrected chi connectivity index (χ3v) is 4.87. The maximum atomic E-state index is 12.2. The standard InChI is InChI=1S/C24H45NO2/c1-6-8-10-12-14-18-23(19-15-13-11-9-7-2)22(3)27-24(26)20-16-17-21-25(4)5/h10-13,22-23H,6-9,14-21H2,1-5H3/b12-10-,13-11-. The summed E-state index contributed by atoms with van der Waals surface area (Å²) in [5.41, 5.74) is 0. The Morgan fingerprint density at radius 1 is 0.889 bits per heavy atom. The van der Waals surface area contributed by atoms with E-state index in [2.05, 4.69) is 64.1 Å². The Kier molecular flexibility index (Phi) is 17.5. The number of unbranched alkanes of at least 4 members (excludes halogenated alkanes) is 3. The lowest BCUT2D eigenvalue weighted by molar-refractivity contribution is -0.151. The van der Waals surface area contributed by atoms with Crippen molar-refractivity contribution in [2.75, 3.05) is 20.6 Å². The summed E-state index contributed by atoms with van der Waals surface area (Å²) in [7, 11) is 4.13. The molecular weight excluding hydrogens is 334 g/mol. The van der Waals surface area contributed by atoms with Crippen LogP contribution < -0.4 is 0 Å². The lowest BCUT2D eigenvalue weighted by atomic mass is 9.92. The van der Waals surface area contributed by atoms with Gasteiger partial charge in [-0.05, 0) is 84.8 Å². The fraction of sp³-hybridized carbons (Fsp3) is 0.792. The Bertz CT molecular complexity index is 381. The van der Waals surface area contributed by atoms with Crippen molar-refractivity contribution in [2.45, 2.75) is 97.5 Å². The lowest BCUT2D eigenvalue weighted by Crippen LogP contribution is -2.24. The third kappa shape index (κ3) is 16.8. The van der Waals surface area contributed by atoms with E-state index in [1.54, 1.807) is 0 Å². The minimum Gasteiger partial charge on any atom is -0.462 e. The predicted molar refractivity (Wildman–Crippen MR) is 118 cm³/mol. The second-order valence-electron chi connectivity index (χ2n) is 7.89. The van der Waals surface area contributed by atoms with Crippen LogP contribution in [-0.4, -0.2) is 37.6 Å². The number of carbonyl (C=O) groups excluding carboxylic acids is 1. The molecule has 0 aliphatic carbocycles. The van der Waals surface area contributed by atoms with Crippen LogP contribution in [0.15, 0.2) is 24.3 Å². The molecule has 0 amide bonds. The van der Waals surface area contributed by atoms with Crippen molar-refractivity contribution in [3.05, 3.63) is 24.3 Å². The molecule has 0 spiro atoms. The molecule has 0 saturated carbocycles. The Morgan fingerprint density at radius 3 is 1.89 bits per heavy atom. The maximum Gasteiger partial charge on any atom is 0.306 e. The number of esters is 1. The van der Waals surface area contributed by atoms with Crippen LogP contribution in [0.2, 0.25) is 0 Å². The van der Waals surface area contributed by atoms with Crippen LogP contribution in [0.1, 0.15) is 91.4 Å². The third-order valence-electron chi connectivity index (χ3n) is 4.87. The molecule has 0 saturated heterocycles. The van der Waals surface area contributed by atoms with Crippen LogP contribution in [0.5, 0.6) is 0 Å². The van der Waals surface area contributed by atoms with E-state index in [4.69, 9.17) is 4.74 Å². The topological polar surface area (TPSA) is 29.5 Å². The van der Waals surface area contributed by atoms with Crippen molar-refractivity contribution in [1.82, 2.24) is 4.90 Å². The minimum absolute atomic E-state index is 0.00509. The van der Waals surface area contributed by atoms with E-state index in [9.17, 15) is 4.79 Å². The molecule has 3 heteroatoms. The highest BCUT2D eigenvalue weighted by Crippen LogP contribution is 2.22. The zero-order valence-electron chi connectivity index (χ0n) is 18.7. The van der Waals surface area contributed by atoms with Crippen molar-refractivity contribution >= 4 is 5.97 Å². The fourth-order valence-electron chi connectivity index (χ4n) is 3.10. The number of hydrogen-bond donors (Lipinski definition) is 0. The number of carbonyl (C=O) groups is 1. The summed E-state index contributed by atoms with van der Waals surface area (Å²) < 4.78 is 5.78. The Balaban J connectivity index is 4.37. The summed E-state index contributed by atoms with van der Waals surface area (Å²) >= 11 is 0. The van der Waals surface area contributed by atoms with Crippen molar-refractivity contribution in [3.8, 4) is 0 Å². The molecule has 0 aliphatic heterocycles. The average molecular weight is 380 g/mol. The molecule has 0 heterocycles. The summed E-state index contributed by atoms with van der Waals surface area (Å²) in [4.78, 5) is 14.3. The van der Waals surface area contributed by atoms with Crippen LogP contribution in [0.3, 0.4) is 0 Å². The highest BCUT2D eigenvalue weighted by molar-refractivity contribution is 5.69. The molecule has 0 aliphatic rings. The first-order valence-electron chi connectivity index (χ1n) is 11.1. The van der Waals surface area contributed by atoms with Crippen LogP contribution in [0.4, 0.5) is 0 Å². The smallest absolute Gasteiger partial charge is 0.306 e. The van der Waals surface area contributed by atoms with Gasteiger partial charge in [0, 0.05) is 6.42 Å².